The van der Waals surface area contributed by atoms with Gasteiger partial charge in [-0.1, -0.05) is 48.0 Å². The van der Waals surface area contributed by atoms with Crippen molar-refractivity contribution in [2.75, 3.05) is 65.6 Å². The van der Waals surface area contributed by atoms with Crippen molar-refractivity contribution in [3.05, 3.63) is 70.7 Å². The van der Waals surface area contributed by atoms with E-state index in [0.717, 1.165) is 38.4 Å². The van der Waals surface area contributed by atoms with Crippen molar-refractivity contribution in [1.82, 2.24) is 14.7 Å². The Morgan fingerprint density at radius 1 is 1.00 bits per heavy atom. The fourth-order valence-electron chi connectivity index (χ4n) is 4.35. The van der Waals surface area contributed by atoms with Crippen LogP contribution in [-0.4, -0.2) is 98.3 Å². The number of rotatable bonds is 8. The smallest absolute Gasteiger partial charge is 0.254 e. The molecule has 2 saturated heterocycles. The Morgan fingerprint density at radius 2 is 1.79 bits per heavy atom. The average molecular weight is 486 g/mol. The molecule has 1 atom stereocenters. The maximum atomic E-state index is 13.3. The molecule has 0 bridgehead atoms. The highest BCUT2D eigenvalue weighted by molar-refractivity contribution is 6.30. The normalized spacial score (nSPS) is 19.1. The highest BCUT2D eigenvalue weighted by Crippen LogP contribution is 2.16. The number of hydrogen-bond acceptors (Lipinski definition) is 5. The van der Waals surface area contributed by atoms with E-state index >= 15 is 0 Å². The van der Waals surface area contributed by atoms with Crippen LogP contribution < -0.4 is 0 Å². The molecule has 7 nitrogen and oxygen atoms in total. The number of halogens is 1. The Balaban J connectivity index is 1.40. The fourth-order valence-corrected chi connectivity index (χ4v) is 4.54. The number of benzene rings is 2. The summed E-state index contributed by atoms with van der Waals surface area (Å²) >= 11 is 6.07. The molecule has 2 heterocycles. The van der Waals surface area contributed by atoms with E-state index in [1.165, 1.54) is 0 Å². The van der Waals surface area contributed by atoms with Crippen LogP contribution in [0.25, 0.3) is 0 Å². The molecular formula is C26H32ClN3O4. The zero-order valence-corrected chi connectivity index (χ0v) is 20.2. The highest BCUT2D eigenvalue weighted by Gasteiger charge is 2.28. The highest BCUT2D eigenvalue weighted by atomic mass is 35.5. The number of amides is 2. The molecule has 8 heteroatoms. The Kier molecular flexibility index (Phi) is 8.93. The zero-order chi connectivity index (χ0) is 23.8. The Bertz CT molecular complexity index is 952. The topological polar surface area (TPSA) is 62.3 Å². The van der Waals surface area contributed by atoms with Gasteiger partial charge in [0.1, 0.15) is 0 Å². The zero-order valence-electron chi connectivity index (χ0n) is 19.4. The summed E-state index contributed by atoms with van der Waals surface area (Å²) < 4.78 is 11.4. The number of carbonyl (C=O) groups is 2. The lowest BCUT2D eigenvalue weighted by Gasteiger charge is -2.37. The molecule has 0 spiro atoms. The van der Waals surface area contributed by atoms with Crippen LogP contribution in [0.4, 0.5) is 0 Å². The van der Waals surface area contributed by atoms with Crippen LogP contribution in [0.1, 0.15) is 15.9 Å². The van der Waals surface area contributed by atoms with Crippen molar-refractivity contribution < 1.29 is 19.1 Å². The third kappa shape index (κ3) is 7.03. The van der Waals surface area contributed by atoms with Crippen LogP contribution in [0.5, 0.6) is 0 Å². The maximum absolute atomic E-state index is 13.3. The van der Waals surface area contributed by atoms with Gasteiger partial charge in [0.2, 0.25) is 5.91 Å². The lowest BCUT2D eigenvalue weighted by molar-refractivity contribution is -0.134. The maximum Gasteiger partial charge on any atom is 0.254 e. The molecule has 1 unspecified atom stereocenters. The van der Waals surface area contributed by atoms with Crippen LogP contribution in [0.15, 0.2) is 54.6 Å². The van der Waals surface area contributed by atoms with Crippen LogP contribution in [0.3, 0.4) is 0 Å². The molecular weight excluding hydrogens is 454 g/mol. The molecule has 2 fully saturated rings. The lowest BCUT2D eigenvalue weighted by Crippen LogP contribution is -2.52. The number of ether oxygens (including phenoxy) is 2. The van der Waals surface area contributed by atoms with Gasteiger partial charge >= 0.3 is 0 Å². The second kappa shape index (κ2) is 12.3. The van der Waals surface area contributed by atoms with Crippen molar-refractivity contribution in [2.45, 2.75) is 12.5 Å². The Labute approximate surface area is 206 Å². The van der Waals surface area contributed by atoms with E-state index in [0.29, 0.717) is 49.8 Å². The molecule has 2 aliphatic heterocycles. The van der Waals surface area contributed by atoms with Crippen molar-refractivity contribution in [1.29, 1.82) is 0 Å². The molecule has 182 valence electrons. The summed E-state index contributed by atoms with van der Waals surface area (Å²) in [5.41, 5.74) is 1.56. The van der Waals surface area contributed by atoms with Gasteiger partial charge in [-0.25, -0.2) is 0 Å². The summed E-state index contributed by atoms with van der Waals surface area (Å²) in [6.07, 6.45) is 0.114. The molecule has 2 aromatic carbocycles. The first-order valence-corrected chi connectivity index (χ1v) is 12.2. The molecule has 2 aromatic rings. The quantitative estimate of drug-likeness (QED) is 0.575. The number of carbonyl (C=O) groups excluding carboxylic acids is 2. The monoisotopic (exact) mass is 485 g/mol. The minimum Gasteiger partial charge on any atom is -0.379 e. The average Bonchev–Trinajstić information content (AvgIpc) is 2.87. The van der Waals surface area contributed by atoms with E-state index < -0.39 is 0 Å². The van der Waals surface area contributed by atoms with E-state index in [9.17, 15) is 9.59 Å². The minimum absolute atomic E-state index is 0.0636. The first-order valence-electron chi connectivity index (χ1n) is 11.9. The van der Waals surface area contributed by atoms with Gasteiger partial charge in [0.25, 0.3) is 5.91 Å². The van der Waals surface area contributed by atoms with Crippen molar-refractivity contribution in [3.63, 3.8) is 0 Å². The second-order valence-electron chi connectivity index (χ2n) is 8.71. The van der Waals surface area contributed by atoms with E-state index in [4.69, 9.17) is 21.1 Å². The fraction of sp³-hybridized carbons (Fsp3) is 0.462. The molecule has 0 saturated carbocycles. The summed E-state index contributed by atoms with van der Waals surface area (Å²) in [6.45, 7) is 6.48. The molecule has 0 aromatic heterocycles. The summed E-state index contributed by atoms with van der Waals surface area (Å²) in [6, 6.07) is 16.8. The molecule has 0 N–H and O–H groups in total. The van der Waals surface area contributed by atoms with E-state index in [1.807, 2.05) is 35.2 Å². The van der Waals surface area contributed by atoms with Gasteiger partial charge in [0.05, 0.1) is 32.3 Å². The van der Waals surface area contributed by atoms with Gasteiger partial charge < -0.3 is 19.3 Å². The van der Waals surface area contributed by atoms with E-state index in [1.54, 1.807) is 29.2 Å². The predicted octanol–water partition coefficient (Wildman–Crippen LogP) is 2.58. The summed E-state index contributed by atoms with van der Waals surface area (Å²) in [4.78, 5) is 32.3. The lowest BCUT2D eigenvalue weighted by atomic mass is 10.1. The predicted molar refractivity (Wildman–Crippen MR) is 131 cm³/mol. The van der Waals surface area contributed by atoms with Gasteiger partial charge in [-0.05, 0) is 23.8 Å². The SMILES string of the molecule is O=C(Cc1ccccc1)N(CCN1CCOCC1)CC1CN(C(=O)c2cccc(Cl)c2)CCO1. The minimum atomic E-state index is -0.235. The molecule has 2 amide bonds. The van der Waals surface area contributed by atoms with Crippen molar-refractivity contribution in [2.24, 2.45) is 0 Å². The van der Waals surface area contributed by atoms with Crippen molar-refractivity contribution in [3.8, 4) is 0 Å². The van der Waals surface area contributed by atoms with Crippen LogP contribution in [-0.2, 0) is 20.7 Å². The molecule has 34 heavy (non-hydrogen) atoms. The standard InChI is InChI=1S/C26H32ClN3O4/c27-23-8-4-7-22(18-23)26(32)30-13-16-34-24(20-30)19-29(10-9-28-11-14-33-15-12-28)25(31)17-21-5-2-1-3-6-21/h1-8,18,24H,9-17,19-20H2. The first kappa shape index (κ1) is 24.7. The number of hydrogen-bond donors (Lipinski definition) is 0. The molecule has 4 rings (SSSR count). The third-order valence-electron chi connectivity index (χ3n) is 6.26. The Hall–Kier alpha value is -2.45. The molecule has 0 radical (unpaired) electrons. The molecule has 2 aliphatic rings. The van der Waals surface area contributed by atoms with Gasteiger partial charge in [0.15, 0.2) is 0 Å². The van der Waals surface area contributed by atoms with Gasteiger partial charge in [-0.3, -0.25) is 14.5 Å². The summed E-state index contributed by atoms with van der Waals surface area (Å²) in [5, 5.41) is 0.538. The van der Waals surface area contributed by atoms with Crippen molar-refractivity contribution >= 4 is 23.4 Å². The largest absolute Gasteiger partial charge is 0.379 e. The van der Waals surface area contributed by atoms with Crippen LogP contribution in [0, 0.1) is 0 Å². The first-order chi connectivity index (χ1) is 16.6. The van der Waals surface area contributed by atoms with E-state index in [2.05, 4.69) is 4.90 Å². The van der Waals surface area contributed by atoms with Crippen LogP contribution in [0.2, 0.25) is 5.02 Å². The summed E-state index contributed by atoms with van der Waals surface area (Å²) in [5.74, 6) is 0.00706. The van der Waals surface area contributed by atoms with E-state index in [-0.39, 0.29) is 17.9 Å². The third-order valence-corrected chi connectivity index (χ3v) is 6.50. The number of nitrogens with zero attached hydrogens (tertiary/aromatic N) is 3. The van der Waals surface area contributed by atoms with Crippen LogP contribution >= 0.6 is 11.6 Å². The summed E-state index contributed by atoms with van der Waals surface area (Å²) in [7, 11) is 0. The van der Waals surface area contributed by atoms with Gasteiger partial charge in [-0.2, -0.15) is 0 Å². The van der Waals surface area contributed by atoms with Gasteiger partial charge in [-0.15, -0.1) is 0 Å². The molecule has 0 aliphatic carbocycles. The van der Waals surface area contributed by atoms with Gasteiger partial charge in [0, 0.05) is 56.4 Å². The Morgan fingerprint density at radius 3 is 2.56 bits per heavy atom. The number of morpholine rings is 2. The second-order valence-corrected chi connectivity index (χ2v) is 9.15.